The van der Waals surface area contributed by atoms with Crippen molar-refractivity contribution in [2.45, 2.75) is 96.8 Å². The molecule has 0 atom stereocenters. The van der Waals surface area contributed by atoms with Gasteiger partial charge < -0.3 is 0 Å². The van der Waals surface area contributed by atoms with Crippen LogP contribution in [-0.4, -0.2) is 26.1 Å². The van der Waals surface area contributed by atoms with Crippen molar-refractivity contribution < 1.29 is 4.79 Å². The summed E-state index contributed by atoms with van der Waals surface area (Å²) in [6, 6.07) is 0. The number of carbonyl (C=O) groups is 1. The molecule has 0 N–H and O–H groups in total. The van der Waals surface area contributed by atoms with E-state index in [9.17, 15) is 4.79 Å². The summed E-state index contributed by atoms with van der Waals surface area (Å²) in [4.78, 5) is 11.6. The monoisotopic (exact) mass is 308 g/mol. The topological polar surface area (TPSA) is 60.7 Å². The molecule has 0 amide bonds. The van der Waals surface area contributed by atoms with Gasteiger partial charge in [0.15, 0.2) is 0 Å². The summed E-state index contributed by atoms with van der Waals surface area (Å²) in [5.41, 5.74) is 0. The highest BCUT2D eigenvalue weighted by atomic mass is 16.2. The molecule has 126 valence electrons. The second kappa shape index (κ2) is 13.4. The van der Waals surface area contributed by atoms with Crippen molar-refractivity contribution in [3.05, 3.63) is 6.33 Å². The number of rotatable bonds is 14. The van der Waals surface area contributed by atoms with Gasteiger partial charge in [0, 0.05) is 6.42 Å². The van der Waals surface area contributed by atoms with Crippen molar-refractivity contribution in [3.8, 4) is 0 Å². The Balaban J connectivity index is 1.77. The van der Waals surface area contributed by atoms with E-state index >= 15 is 0 Å². The van der Waals surface area contributed by atoms with Crippen LogP contribution in [-0.2, 0) is 0 Å². The Morgan fingerprint density at radius 3 is 1.77 bits per heavy atom. The fourth-order valence-corrected chi connectivity index (χ4v) is 2.68. The van der Waals surface area contributed by atoms with Crippen LogP contribution in [0.25, 0.3) is 0 Å². The Labute approximate surface area is 134 Å². The molecule has 0 saturated heterocycles. The van der Waals surface area contributed by atoms with E-state index < -0.39 is 0 Å². The minimum atomic E-state index is -0.00641. The van der Waals surface area contributed by atoms with Gasteiger partial charge in [-0.05, 0) is 16.8 Å². The summed E-state index contributed by atoms with van der Waals surface area (Å²) in [5, 5.41) is 10.5. The Bertz CT molecular complexity index is 365. The number of aromatic nitrogens is 4. The molecule has 0 bridgehead atoms. The molecule has 1 aromatic rings. The SMILES string of the molecule is CCCCCCCCCCCCCCCC(=O)n1cnnn1. The first-order valence-corrected chi connectivity index (χ1v) is 9.10. The van der Waals surface area contributed by atoms with Gasteiger partial charge in [-0.25, -0.2) is 0 Å². The van der Waals surface area contributed by atoms with Crippen LogP contribution in [0.1, 0.15) is 102 Å². The number of hydrogen-bond donors (Lipinski definition) is 0. The molecule has 22 heavy (non-hydrogen) atoms. The van der Waals surface area contributed by atoms with Crippen LogP contribution in [0.3, 0.4) is 0 Å². The molecule has 1 rings (SSSR count). The summed E-state index contributed by atoms with van der Waals surface area (Å²) in [6.45, 7) is 2.27. The van der Waals surface area contributed by atoms with Gasteiger partial charge in [-0.2, -0.15) is 4.68 Å². The third-order valence-corrected chi connectivity index (χ3v) is 4.10. The maximum atomic E-state index is 11.6. The average Bonchev–Trinajstić information content (AvgIpc) is 3.06. The fraction of sp³-hybridized carbons (Fsp3) is 0.882. The summed E-state index contributed by atoms with van der Waals surface area (Å²) in [6.07, 6.45) is 19.0. The molecule has 0 spiro atoms. The van der Waals surface area contributed by atoms with Crippen LogP contribution >= 0.6 is 0 Å². The Morgan fingerprint density at radius 1 is 0.818 bits per heavy atom. The molecule has 5 heteroatoms. The lowest BCUT2D eigenvalue weighted by molar-refractivity contribution is 0.0880. The second-order valence-electron chi connectivity index (χ2n) is 6.14. The Hall–Kier alpha value is -1.26. The highest BCUT2D eigenvalue weighted by Crippen LogP contribution is 2.13. The van der Waals surface area contributed by atoms with Gasteiger partial charge in [-0.3, -0.25) is 4.79 Å². The first-order chi connectivity index (χ1) is 10.8. The third-order valence-electron chi connectivity index (χ3n) is 4.10. The van der Waals surface area contributed by atoms with Crippen molar-refractivity contribution in [1.82, 2.24) is 20.2 Å². The quantitative estimate of drug-likeness (QED) is 0.366. The van der Waals surface area contributed by atoms with Crippen molar-refractivity contribution in [2.24, 2.45) is 0 Å². The van der Waals surface area contributed by atoms with Gasteiger partial charge in [0.2, 0.25) is 5.91 Å². The number of unbranched alkanes of at least 4 members (excludes halogenated alkanes) is 12. The molecule has 0 aliphatic rings. The lowest BCUT2D eigenvalue weighted by Gasteiger charge is -2.03. The van der Waals surface area contributed by atoms with Gasteiger partial charge in [0.05, 0.1) is 0 Å². The normalized spacial score (nSPS) is 11.0. The van der Waals surface area contributed by atoms with Crippen LogP contribution in [0, 0.1) is 0 Å². The number of nitrogens with zero attached hydrogens (tertiary/aromatic N) is 4. The predicted octanol–water partition coefficient (Wildman–Crippen LogP) is 4.79. The number of hydrogen-bond acceptors (Lipinski definition) is 4. The lowest BCUT2D eigenvalue weighted by atomic mass is 10.0. The zero-order valence-electron chi connectivity index (χ0n) is 14.2. The lowest BCUT2D eigenvalue weighted by Crippen LogP contribution is -2.10. The van der Waals surface area contributed by atoms with E-state index in [0.717, 1.165) is 12.8 Å². The molecule has 0 unspecified atom stereocenters. The molecule has 0 fully saturated rings. The predicted molar refractivity (Wildman–Crippen MR) is 88.8 cm³/mol. The van der Waals surface area contributed by atoms with Gasteiger partial charge in [0.1, 0.15) is 6.33 Å². The summed E-state index contributed by atoms with van der Waals surface area (Å²) in [5.74, 6) is -0.00641. The minimum Gasteiger partial charge on any atom is -0.272 e. The van der Waals surface area contributed by atoms with Crippen LogP contribution in [0.4, 0.5) is 0 Å². The van der Waals surface area contributed by atoms with E-state index in [2.05, 4.69) is 22.4 Å². The first kappa shape index (κ1) is 18.8. The molecule has 5 nitrogen and oxygen atoms in total. The van der Waals surface area contributed by atoms with Gasteiger partial charge >= 0.3 is 0 Å². The average molecular weight is 308 g/mol. The molecule has 0 radical (unpaired) electrons. The van der Waals surface area contributed by atoms with E-state index in [4.69, 9.17) is 0 Å². The first-order valence-electron chi connectivity index (χ1n) is 9.10. The van der Waals surface area contributed by atoms with Crippen LogP contribution in [0.15, 0.2) is 6.33 Å². The molecule has 1 aromatic heterocycles. The van der Waals surface area contributed by atoms with Crippen LogP contribution in [0.2, 0.25) is 0 Å². The molecule has 0 aliphatic carbocycles. The summed E-state index contributed by atoms with van der Waals surface area (Å²) >= 11 is 0. The van der Waals surface area contributed by atoms with Crippen LogP contribution < -0.4 is 0 Å². The van der Waals surface area contributed by atoms with Gasteiger partial charge in [-0.15, -0.1) is 5.10 Å². The largest absolute Gasteiger partial charge is 0.272 e. The summed E-state index contributed by atoms with van der Waals surface area (Å²) in [7, 11) is 0. The highest BCUT2D eigenvalue weighted by molar-refractivity contribution is 5.77. The minimum absolute atomic E-state index is 0.00641. The van der Waals surface area contributed by atoms with E-state index in [1.54, 1.807) is 0 Å². The van der Waals surface area contributed by atoms with Crippen molar-refractivity contribution in [2.75, 3.05) is 0 Å². The molecule has 0 saturated carbocycles. The molecule has 0 aromatic carbocycles. The zero-order valence-corrected chi connectivity index (χ0v) is 14.2. The standard InChI is InChI=1S/C17H32N4O/c1-2-3-4-5-6-7-8-9-10-11-12-13-14-15-17(22)21-16-18-19-20-21/h16H,2-15H2,1H3. The zero-order chi connectivity index (χ0) is 15.9. The molecule has 0 aliphatic heterocycles. The fourth-order valence-electron chi connectivity index (χ4n) is 2.68. The smallest absolute Gasteiger partial charge is 0.249 e. The number of carbonyl (C=O) groups excluding carboxylic acids is 1. The van der Waals surface area contributed by atoms with Gasteiger partial charge in [0.25, 0.3) is 0 Å². The molecular formula is C17H32N4O. The molecule has 1 heterocycles. The van der Waals surface area contributed by atoms with Crippen molar-refractivity contribution >= 4 is 5.91 Å². The number of tetrazole rings is 1. The van der Waals surface area contributed by atoms with Crippen molar-refractivity contribution in [3.63, 3.8) is 0 Å². The van der Waals surface area contributed by atoms with E-state index in [-0.39, 0.29) is 5.91 Å². The van der Waals surface area contributed by atoms with E-state index in [1.807, 2.05) is 0 Å². The maximum Gasteiger partial charge on any atom is 0.249 e. The Morgan fingerprint density at radius 2 is 1.32 bits per heavy atom. The van der Waals surface area contributed by atoms with Crippen molar-refractivity contribution in [1.29, 1.82) is 0 Å². The highest BCUT2D eigenvalue weighted by Gasteiger charge is 2.05. The van der Waals surface area contributed by atoms with Crippen LogP contribution in [0.5, 0.6) is 0 Å². The van der Waals surface area contributed by atoms with E-state index in [0.29, 0.717) is 6.42 Å². The second-order valence-corrected chi connectivity index (χ2v) is 6.14. The maximum absolute atomic E-state index is 11.6. The van der Waals surface area contributed by atoms with Gasteiger partial charge in [-0.1, -0.05) is 84.0 Å². The molecular weight excluding hydrogens is 276 g/mol. The summed E-state index contributed by atoms with van der Waals surface area (Å²) < 4.78 is 1.22. The Kier molecular flexibility index (Phi) is 11.4. The third kappa shape index (κ3) is 9.64. The van der Waals surface area contributed by atoms with E-state index in [1.165, 1.54) is 81.6 Å².